The zero-order valence-electron chi connectivity index (χ0n) is 19.0. The number of nitrogens with one attached hydrogen (secondary N) is 2. The number of nitrogens with zero attached hydrogens (tertiary/aromatic N) is 3. The summed E-state index contributed by atoms with van der Waals surface area (Å²) in [5.74, 6) is -0.0831. The lowest BCUT2D eigenvalue weighted by Gasteiger charge is -2.43. The first-order chi connectivity index (χ1) is 13.9. The summed E-state index contributed by atoms with van der Waals surface area (Å²) >= 11 is 0. The zero-order valence-corrected chi connectivity index (χ0v) is 19.0. The molecule has 1 saturated carbocycles. The van der Waals surface area contributed by atoms with Crippen LogP contribution in [0.1, 0.15) is 58.3 Å². The maximum atomic E-state index is 13.1. The van der Waals surface area contributed by atoms with Crippen LogP contribution >= 0.6 is 0 Å². The number of carbonyl (C=O) groups is 3. The van der Waals surface area contributed by atoms with Crippen molar-refractivity contribution in [3.63, 3.8) is 0 Å². The van der Waals surface area contributed by atoms with Crippen LogP contribution in [0.2, 0.25) is 0 Å². The predicted molar refractivity (Wildman–Crippen MR) is 114 cm³/mol. The maximum absolute atomic E-state index is 13.1. The molecule has 0 aromatic carbocycles. The smallest absolute Gasteiger partial charge is 0.325 e. The van der Waals surface area contributed by atoms with Crippen LogP contribution in [0.3, 0.4) is 0 Å². The van der Waals surface area contributed by atoms with Crippen molar-refractivity contribution in [3.05, 3.63) is 17.5 Å². The van der Waals surface area contributed by atoms with Crippen molar-refractivity contribution < 1.29 is 14.4 Å². The van der Waals surface area contributed by atoms with E-state index < -0.39 is 11.6 Å². The molecule has 8 nitrogen and oxygen atoms in total. The van der Waals surface area contributed by atoms with Gasteiger partial charge in [-0.05, 0) is 56.4 Å². The van der Waals surface area contributed by atoms with E-state index in [4.69, 9.17) is 0 Å². The third kappa shape index (κ3) is 4.68. The lowest BCUT2D eigenvalue weighted by Crippen LogP contribution is -2.54. The molecule has 4 amide bonds. The largest absolute Gasteiger partial charge is 0.354 e. The van der Waals surface area contributed by atoms with Gasteiger partial charge in [-0.1, -0.05) is 27.7 Å². The molecule has 3 atom stereocenters. The van der Waals surface area contributed by atoms with E-state index >= 15 is 0 Å². The Balaban J connectivity index is 1.55. The fourth-order valence-corrected chi connectivity index (χ4v) is 5.36. The molecule has 2 aliphatic rings. The fraction of sp³-hybridized carbons (Fsp3) is 0.727. The standard InChI is InChI=1S/C22H35N5O3/c1-14-8-21(5,6)13-22(9-14)19(29)26(20(30)24-22)12-18(28)23-10-15(2)11-27-17(4)7-16(3)25-27/h7,14-15H,8-13H2,1-6H3,(H,23,28)(H,24,30). The summed E-state index contributed by atoms with van der Waals surface area (Å²) in [7, 11) is 0. The molecule has 2 fully saturated rings. The molecule has 1 aliphatic carbocycles. The number of hydrogen-bond acceptors (Lipinski definition) is 4. The molecule has 1 saturated heterocycles. The van der Waals surface area contributed by atoms with Gasteiger partial charge in [-0.25, -0.2) is 4.79 Å². The van der Waals surface area contributed by atoms with Gasteiger partial charge in [0.2, 0.25) is 5.91 Å². The van der Waals surface area contributed by atoms with Crippen LogP contribution in [0, 0.1) is 31.1 Å². The van der Waals surface area contributed by atoms with Gasteiger partial charge >= 0.3 is 6.03 Å². The highest BCUT2D eigenvalue weighted by atomic mass is 16.2. The van der Waals surface area contributed by atoms with Gasteiger partial charge in [-0.3, -0.25) is 19.2 Å². The van der Waals surface area contributed by atoms with Crippen molar-refractivity contribution in [3.8, 4) is 0 Å². The van der Waals surface area contributed by atoms with E-state index in [9.17, 15) is 14.4 Å². The highest BCUT2D eigenvalue weighted by molar-refractivity contribution is 6.09. The van der Waals surface area contributed by atoms with Gasteiger partial charge in [-0.2, -0.15) is 5.10 Å². The Morgan fingerprint density at radius 1 is 1.33 bits per heavy atom. The van der Waals surface area contributed by atoms with Crippen LogP contribution in [0.25, 0.3) is 0 Å². The summed E-state index contributed by atoms with van der Waals surface area (Å²) in [6.45, 7) is 13.3. The van der Waals surface area contributed by atoms with E-state index in [1.807, 2.05) is 31.5 Å². The average molecular weight is 418 g/mol. The summed E-state index contributed by atoms with van der Waals surface area (Å²) in [5, 5.41) is 10.2. The van der Waals surface area contributed by atoms with E-state index in [0.29, 0.717) is 31.8 Å². The van der Waals surface area contributed by atoms with Gasteiger partial charge in [-0.15, -0.1) is 0 Å². The molecular weight excluding hydrogens is 382 g/mol. The van der Waals surface area contributed by atoms with Gasteiger partial charge in [0, 0.05) is 18.8 Å². The molecule has 3 rings (SSSR count). The molecular formula is C22H35N5O3. The Kier molecular flexibility index (Phi) is 5.98. The highest BCUT2D eigenvalue weighted by Crippen LogP contribution is 2.46. The number of aromatic nitrogens is 2. The van der Waals surface area contributed by atoms with Crippen LogP contribution < -0.4 is 10.6 Å². The van der Waals surface area contributed by atoms with Crippen molar-refractivity contribution in [1.29, 1.82) is 0 Å². The summed E-state index contributed by atoms with van der Waals surface area (Å²) in [5.41, 5.74) is 1.15. The van der Waals surface area contributed by atoms with E-state index in [1.165, 1.54) is 0 Å². The van der Waals surface area contributed by atoms with E-state index in [2.05, 4.69) is 36.5 Å². The molecule has 166 valence electrons. The van der Waals surface area contributed by atoms with Gasteiger partial charge in [0.15, 0.2) is 0 Å². The Hall–Kier alpha value is -2.38. The number of rotatable bonds is 6. The molecule has 30 heavy (non-hydrogen) atoms. The fourth-order valence-electron chi connectivity index (χ4n) is 5.36. The second-order valence-electron chi connectivity index (χ2n) is 10.3. The Bertz CT molecular complexity index is 846. The predicted octanol–water partition coefficient (Wildman–Crippen LogP) is 2.39. The Morgan fingerprint density at radius 3 is 2.63 bits per heavy atom. The summed E-state index contributed by atoms with van der Waals surface area (Å²) in [6.07, 6.45) is 2.25. The van der Waals surface area contributed by atoms with Crippen molar-refractivity contribution >= 4 is 17.8 Å². The van der Waals surface area contributed by atoms with Crippen molar-refractivity contribution in [2.45, 2.75) is 72.9 Å². The molecule has 1 aromatic heterocycles. The first-order valence-corrected chi connectivity index (χ1v) is 10.8. The third-order valence-electron chi connectivity index (χ3n) is 6.16. The van der Waals surface area contributed by atoms with Gasteiger partial charge in [0.25, 0.3) is 5.91 Å². The number of hydrogen-bond donors (Lipinski definition) is 2. The average Bonchev–Trinajstić information content (AvgIpc) is 3.01. The van der Waals surface area contributed by atoms with Crippen LogP contribution in [-0.2, 0) is 16.1 Å². The molecule has 2 N–H and O–H groups in total. The van der Waals surface area contributed by atoms with Crippen LogP contribution in [0.5, 0.6) is 0 Å². The van der Waals surface area contributed by atoms with E-state index in [1.54, 1.807) is 0 Å². The summed E-state index contributed by atoms with van der Waals surface area (Å²) in [6, 6.07) is 1.56. The minimum Gasteiger partial charge on any atom is -0.354 e. The second-order valence-corrected chi connectivity index (χ2v) is 10.3. The normalized spacial score (nSPS) is 26.7. The number of urea groups is 1. The molecule has 0 radical (unpaired) electrons. The number of carbonyl (C=O) groups excluding carboxylic acids is 3. The van der Waals surface area contributed by atoms with E-state index in [0.717, 1.165) is 22.7 Å². The SMILES string of the molecule is Cc1cc(C)n(CC(C)CNC(=O)CN2C(=O)NC3(CC(C)CC(C)(C)C3)C2=O)n1. The molecule has 2 heterocycles. The minimum atomic E-state index is -0.874. The third-order valence-corrected chi connectivity index (χ3v) is 6.16. The maximum Gasteiger partial charge on any atom is 0.325 e. The first-order valence-electron chi connectivity index (χ1n) is 10.8. The summed E-state index contributed by atoms with van der Waals surface area (Å²) < 4.78 is 1.93. The van der Waals surface area contributed by atoms with Crippen molar-refractivity contribution in [2.24, 2.45) is 17.3 Å². The monoisotopic (exact) mass is 417 g/mol. The van der Waals surface area contributed by atoms with Crippen molar-refractivity contribution in [1.82, 2.24) is 25.3 Å². The van der Waals surface area contributed by atoms with Crippen molar-refractivity contribution in [2.75, 3.05) is 13.1 Å². The molecule has 0 bridgehead atoms. The van der Waals surface area contributed by atoms with Gasteiger partial charge in [0.1, 0.15) is 12.1 Å². The second kappa shape index (κ2) is 8.04. The Labute approximate surface area is 178 Å². The summed E-state index contributed by atoms with van der Waals surface area (Å²) in [4.78, 5) is 39.2. The Morgan fingerprint density at radius 2 is 2.03 bits per heavy atom. The van der Waals surface area contributed by atoms with E-state index in [-0.39, 0.29) is 29.7 Å². The molecule has 8 heteroatoms. The van der Waals surface area contributed by atoms with Crippen LogP contribution in [-0.4, -0.2) is 51.2 Å². The van der Waals surface area contributed by atoms with Gasteiger partial charge in [0.05, 0.1) is 5.69 Å². The lowest BCUT2D eigenvalue weighted by atomic mass is 9.64. The van der Waals surface area contributed by atoms with Crippen LogP contribution in [0.4, 0.5) is 4.79 Å². The first kappa shape index (κ1) is 22.3. The molecule has 1 spiro atoms. The number of amides is 4. The number of imide groups is 1. The van der Waals surface area contributed by atoms with Crippen LogP contribution in [0.15, 0.2) is 6.07 Å². The topological polar surface area (TPSA) is 96.3 Å². The molecule has 3 unspecified atom stereocenters. The quantitative estimate of drug-likeness (QED) is 0.695. The zero-order chi connectivity index (χ0) is 22.3. The lowest BCUT2D eigenvalue weighted by molar-refractivity contribution is -0.137. The highest BCUT2D eigenvalue weighted by Gasteiger charge is 2.56. The minimum absolute atomic E-state index is 0.0305. The molecule has 1 aromatic rings. The van der Waals surface area contributed by atoms with Gasteiger partial charge < -0.3 is 10.6 Å². The molecule has 1 aliphatic heterocycles. The number of aryl methyl sites for hydroxylation is 2.